The second kappa shape index (κ2) is 7.65. The minimum Gasteiger partial charge on any atom is -0.444 e. The number of anilines is 1. The second-order valence-corrected chi connectivity index (χ2v) is 6.60. The number of ether oxygens (including phenoxy) is 1. The zero-order valence-corrected chi connectivity index (χ0v) is 14.7. The van der Waals surface area contributed by atoms with E-state index in [2.05, 4.69) is 33.5 Å². The summed E-state index contributed by atoms with van der Waals surface area (Å²) in [5.74, 6) is 0.442. The van der Waals surface area contributed by atoms with Crippen molar-refractivity contribution in [2.75, 3.05) is 5.32 Å². The molecule has 1 aromatic carbocycles. The van der Waals surface area contributed by atoms with Gasteiger partial charge in [-0.15, -0.1) is 29.1 Å². The molecule has 0 bridgehead atoms. The van der Waals surface area contributed by atoms with E-state index >= 15 is 0 Å². The van der Waals surface area contributed by atoms with Crippen LogP contribution in [-0.2, 0) is 22.8 Å². The van der Waals surface area contributed by atoms with Crippen LogP contribution in [0.1, 0.15) is 4.88 Å². The largest absolute Gasteiger partial charge is 0.444 e. The molecule has 0 radical (unpaired) electrons. The predicted molar refractivity (Wildman–Crippen MR) is 94.3 cm³/mol. The molecule has 0 fully saturated rings. The van der Waals surface area contributed by atoms with Crippen LogP contribution in [0.5, 0.6) is 0 Å². The van der Waals surface area contributed by atoms with Gasteiger partial charge in [-0.3, -0.25) is 4.79 Å². The third-order valence-electron chi connectivity index (χ3n) is 3.16. The quantitative estimate of drug-likeness (QED) is 0.483. The number of carbonyl (C=O) groups excluding carboxylic acids is 1. The van der Waals surface area contributed by atoms with Crippen LogP contribution in [0, 0.1) is 0 Å². The summed E-state index contributed by atoms with van der Waals surface area (Å²) in [7, 11) is 0. The van der Waals surface area contributed by atoms with Gasteiger partial charge in [-0.1, -0.05) is 17.7 Å². The fourth-order valence-electron chi connectivity index (χ4n) is 2.07. The van der Waals surface area contributed by atoms with E-state index in [1.54, 1.807) is 23.5 Å². The van der Waals surface area contributed by atoms with Crippen LogP contribution in [-0.4, -0.2) is 26.7 Å². The monoisotopic (exact) mass is 381 g/mol. The minimum absolute atomic E-state index is 0.0826. The Morgan fingerprint density at radius 1 is 1.46 bits per heavy atom. The van der Waals surface area contributed by atoms with Gasteiger partial charge in [-0.2, -0.15) is 4.68 Å². The molecule has 24 heavy (non-hydrogen) atoms. The van der Waals surface area contributed by atoms with Gasteiger partial charge in [0.25, 0.3) is 6.47 Å². The van der Waals surface area contributed by atoms with E-state index in [-0.39, 0.29) is 6.73 Å². The lowest BCUT2D eigenvalue weighted by Crippen LogP contribution is -2.07. The number of benzene rings is 1. The highest BCUT2D eigenvalue weighted by Gasteiger charge is 2.16. The van der Waals surface area contributed by atoms with Gasteiger partial charge in [0.15, 0.2) is 12.6 Å². The number of thiol groups is 1. The molecule has 7 nitrogen and oxygen atoms in total. The van der Waals surface area contributed by atoms with Crippen LogP contribution >= 0.6 is 35.6 Å². The van der Waals surface area contributed by atoms with Crippen molar-refractivity contribution >= 4 is 47.7 Å². The normalized spacial score (nSPS) is 10.6. The molecular weight excluding hydrogens is 370 g/mol. The van der Waals surface area contributed by atoms with Crippen molar-refractivity contribution in [2.45, 2.75) is 18.2 Å². The Morgan fingerprint density at radius 2 is 2.33 bits per heavy atom. The van der Waals surface area contributed by atoms with Gasteiger partial charge in [0, 0.05) is 27.6 Å². The van der Waals surface area contributed by atoms with Crippen LogP contribution in [0.25, 0.3) is 11.4 Å². The molecule has 3 aromatic rings. The molecule has 2 aromatic heterocycles. The molecule has 124 valence electrons. The lowest BCUT2D eigenvalue weighted by molar-refractivity contribution is -0.132. The summed E-state index contributed by atoms with van der Waals surface area (Å²) < 4.78 is 6.10. The molecule has 2 heterocycles. The Morgan fingerprint density at radius 3 is 3.08 bits per heavy atom. The van der Waals surface area contributed by atoms with Crippen molar-refractivity contribution in [3.8, 4) is 11.4 Å². The molecule has 0 saturated heterocycles. The number of hydrogen-bond acceptors (Lipinski definition) is 8. The Hall–Kier alpha value is -2.10. The number of nitrogens with zero attached hydrogens (tertiary/aromatic N) is 4. The molecule has 0 spiro atoms. The predicted octanol–water partition coefficient (Wildman–Crippen LogP) is 3.09. The van der Waals surface area contributed by atoms with Crippen LogP contribution in [0.4, 0.5) is 5.69 Å². The minimum atomic E-state index is -0.0826. The molecule has 0 saturated carbocycles. The van der Waals surface area contributed by atoms with Crippen molar-refractivity contribution in [1.82, 2.24) is 20.2 Å². The van der Waals surface area contributed by atoms with Gasteiger partial charge in [0.2, 0.25) is 0 Å². The first-order valence-corrected chi connectivity index (χ1v) is 8.50. The molecular formula is C14H12ClN5O2S2. The number of aromatic nitrogens is 4. The smallest absolute Gasteiger partial charge is 0.294 e. The van der Waals surface area contributed by atoms with Crippen molar-refractivity contribution in [3.05, 3.63) is 39.5 Å². The van der Waals surface area contributed by atoms with E-state index in [1.165, 1.54) is 9.56 Å². The van der Waals surface area contributed by atoms with Gasteiger partial charge in [0.1, 0.15) is 0 Å². The van der Waals surface area contributed by atoms with Gasteiger partial charge in [-0.05, 0) is 34.0 Å². The number of carbonyl (C=O) groups is 1. The van der Waals surface area contributed by atoms with Gasteiger partial charge >= 0.3 is 0 Å². The zero-order chi connectivity index (χ0) is 16.9. The maximum absolute atomic E-state index is 10.4. The Balaban J connectivity index is 1.95. The number of thiophene rings is 1. The van der Waals surface area contributed by atoms with E-state index in [0.717, 1.165) is 5.69 Å². The van der Waals surface area contributed by atoms with Crippen molar-refractivity contribution in [2.24, 2.45) is 0 Å². The summed E-state index contributed by atoms with van der Waals surface area (Å²) in [6.07, 6.45) is 0. The maximum atomic E-state index is 10.4. The van der Waals surface area contributed by atoms with Gasteiger partial charge in [-0.25, -0.2) is 0 Å². The summed E-state index contributed by atoms with van der Waals surface area (Å²) in [5, 5.41) is 17.3. The zero-order valence-electron chi connectivity index (χ0n) is 12.2. The van der Waals surface area contributed by atoms with Crippen LogP contribution < -0.4 is 5.32 Å². The number of rotatable bonds is 7. The summed E-state index contributed by atoms with van der Waals surface area (Å²) in [6.45, 7) is 0.896. The topological polar surface area (TPSA) is 81.9 Å². The lowest BCUT2D eigenvalue weighted by Gasteiger charge is -2.13. The lowest BCUT2D eigenvalue weighted by atomic mass is 10.1. The summed E-state index contributed by atoms with van der Waals surface area (Å²) >= 11 is 12.2. The Bertz CT molecular complexity index is 838. The molecule has 0 atom stereocenters. The van der Waals surface area contributed by atoms with Crippen molar-refractivity contribution < 1.29 is 9.53 Å². The molecule has 0 amide bonds. The number of nitrogens with one attached hydrogen (secondary N) is 1. The molecule has 0 aliphatic heterocycles. The molecule has 1 N–H and O–H groups in total. The van der Waals surface area contributed by atoms with Crippen molar-refractivity contribution in [1.29, 1.82) is 0 Å². The fraction of sp³-hybridized carbons (Fsp3) is 0.143. The number of halogens is 1. The first-order chi connectivity index (χ1) is 11.7. The molecule has 3 rings (SSSR count). The van der Waals surface area contributed by atoms with E-state index < -0.39 is 0 Å². The second-order valence-electron chi connectivity index (χ2n) is 4.68. The SMILES string of the molecule is O=COCn1nnnc1-c1cc(S)c(Cl)cc1NCc1cccs1. The van der Waals surface area contributed by atoms with Gasteiger partial charge < -0.3 is 10.1 Å². The molecule has 0 unspecified atom stereocenters. The Labute approximate surface area is 152 Å². The summed E-state index contributed by atoms with van der Waals surface area (Å²) in [6, 6.07) is 7.56. The third-order valence-corrected chi connectivity index (χ3v) is 4.85. The van der Waals surface area contributed by atoms with E-state index in [4.69, 9.17) is 16.3 Å². The standard InChI is InChI=1S/C14H12ClN5O2S2/c15-11-5-12(16-6-9-2-1-3-24-9)10(4-13(11)23)14-17-18-19-20(14)7-22-8-21/h1-5,8,16,23H,6-7H2. The van der Waals surface area contributed by atoms with E-state index in [0.29, 0.717) is 34.3 Å². The average Bonchev–Trinajstić information content (AvgIpc) is 3.25. The average molecular weight is 382 g/mol. The summed E-state index contributed by atoms with van der Waals surface area (Å²) in [4.78, 5) is 12.2. The maximum Gasteiger partial charge on any atom is 0.294 e. The van der Waals surface area contributed by atoms with Gasteiger partial charge in [0.05, 0.1) is 5.02 Å². The van der Waals surface area contributed by atoms with Crippen molar-refractivity contribution in [3.63, 3.8) is 0 Å². The highest BCUT2D eigenvalue weighted by molar-refractivity contribution is 7.80. The summed E-state index contributed by atoms with van der Waals surface area (Å²) in [5.41, 5.74) is 1.47. The van der Waals surface area contributed by atoms with Crippen LogP contribution in [0.3, 0.4) is 0 Å². The molecule has 10 heteroatoms. The fourth-order valence-corrected chi connectivity index (χ4v) is 3.08. The third kappa shape index (κ3) is 3.69. The highest BCUT2D eigenvalue weighted by atomic mass is 35.5. The van der Waals surface area contributed by atoms with Crippen LogP contribution in [0.2, 0.25) is 5.02 Å². The molecule has 0 aliphatic rings. The number of tetrazole rings is 1. The molecule has 0 aliphatic carbocycles. The highest BCUT2D eigenvalue weighted by Crippen LogP contribution is 2.34. The first-order valence-electron chi connectivity index (χ1n) is 6.79. The van der Waals surface area contributed by atoms with Crippen LogP contribution in [0.15, 0.2) is 34.5 Å². The van der Waals surface area contributed by atoms with E-state index in [9.17, 15) is 4.79 Å². The number of hydrogen-bond donors (Lipinski definition) is 2. The van der Waals surface area contributed by atoms with E-state index in [1.807, 2.05) is 17.5 Å². The Kier molecular flexibility index (Phi) is 5.34. The first kappa shape index (κ1) is 16.7.